The summed E-state index contributed by atoms with van der Waals surface area (Å²) >= 11 is 8.99. The van der Waals surface area contributed by atoms with Crippen LogP contribution in [0.5, 0.6) is 0 Å². The highest BCUT2D eigenvalue weighted by atomic mass is 79.9. The van der Waals surface area contributed by atoms with Crippen LogP contribution >= 0.6 is 28.1 Å². The van der Waals surface area contributed by atoms with Gasteiger partial charge in [0, 0.05) is 30.4 Å². The van der Waals surface area contributed by atoms with Crippen LogP contribution in [-0.4, -0.2) is 15.0 Å². The van der Waals surface area contributed by atoms with E-state index in [-0.39, 0.29) is 0 Å². The van der Waals surface area contributed by atoms with Crippen molar-refractivity contribution in [2.24, 2.45) is 0 Å². The second kappa shape index (κ2) is 6.14. The molecule has 0 unspecified atom stereocenters. The third-order valence-corrected chi connectivity index (χ3v) is 5.16. The number of nitrogens with zero attached hydrogens (tertiary/aromatic N) is 2. The zero-order valence-electron chi connectivity index (χ0n) is 11.1. The van der Waals surface area contributed by atoms with Gasteiger partial charge in [0.1, 0.15) is 10.5 Å². The fourth-order valence-corrected chi connectivity index (χ4v) is 3.53. The molecule has 0 aliphatic heterocycles. The SMILES string of the molecule is S=c1nc(Cc2cccnc2)[nH]c(C2CCCC2)c1Br. The van der Waals surface area contributed by atoms with E-state index in [1.165, 1.54) is 31.4 Å². The van der Waals surface area contributed by atoms with Crippen LogP contribution in [0.1, 0.15) is 48.7 Å². The number of hydrogen-bond acceptors (Lipinski definition) is 3. The van der Waals surface area contributed by atoms with Crippen LogP contribution in [0.25, 0.3) is 0 Å². The fourth-order valence-electron chi connectivity index (χ4n) is 2.80. The average Bonchev–Trinajstić information content (AvgIpc) is 2.98. The smallest absolute Gasteiger partial charge is 0.144 e. The highest BCUT2D eigenvalue weighted by molar-refractivity contribution is 9.10. The molecule has 3 rings (SSSR count). The third-order valence-electron chi connectivity index (χ3n) is 3.80. The van der Waals surface area contributed by atoms with Gasteiger partial charge in [-0.15, -0.1) is 0 Å². The highest BCUT2D eigenvalue weighted by Gasteiger charge is 2.21. The Morgan fingerprint density at radius 2 is 2.15 bits per heavy atom. The lowest BCUT2D eigenvalue weighted by Gasteiger charge is -2.14. The summed E-state index contributed by atoms with van der Waals surface area (Å²) in [5.74, 6) is 1.51. The van der Waals surface area contributed by atoms with Crippen molar-refractivity contribution in [1.29, 1.82) is 0 Å². The number of aromatic amines is 1. The Morgan fingerprint density at radius 1 is 1.35 bits per heavy atom. The van der Waals surface area contributed by atoms with Crippen molar-refractivity contribution < 1.29 is 0 Å². The van der Waals surface area contributed by atoms with Crippen LogP contribution in [-0.2, 0) is 6.42 Å². The molecule has 3 nitrogen and oxygen atoms in total. The van der Waals surface area contributed by atoms with Crippen LogP contribution in [0.15, 0.2) is 29.0 Å². The quantitative estimate of drug-likeness (QED) is 0.826. The average molecular weight is 350 g/mol. The molecule has 1 fully saturated rings. The van der Waals surface area contributed by atoms with Crippen molar-refractivity contribution in [3.63, 3.8) is 0 Å². The van der Waals surface area contributed by atoms with E-state index in [1.807, 2.05) is 12.3 Å². The Kier molecular flexibility index (Phi) is 4.27. The lowest BCUT2D eigenvalue weighted by Crippen LogP contribution is -2.05. The highest BCUT2D eigenvalue weighted by Crippen LogP contribution is 2.36. The van der Waals surface area contributed by atoms with E-state index in [4.69, 9.17) is 12.2 Å². The second-order valence-corrected chi connectivity index (χ2v) is 6.42. The largest absolute Gasteiger partial charge is 0.346 e. The van der Waals surface area contributed by atoms with Crippen molar-refractivity contribution in [2.45, 2.75) is 38.0 Å². The molecule has 0 bridgehead atoms. The molecule has 0 saturated heterocycles. The molecule has 2 aromatic heterocycles. The fraction of sp³-hybridized carbons (Fsp3) is 0.400. The summed E-state index contributed by atoms with van der Waals surface area (Å²) in [6, 6.07) is 4.00. The Labute approximate surface area is 132 Å². The summed E-state index contributed by atoms with van der Waals surface area (Å²) in [7, 11) is 0. The zero-order valence-corrected chi connectivity index (χ0v) is 13.5. The van der Waals surface area contributed by atoms with E-state index in [1.54, 1.807) is 6.20 Å². The van der Waals surface area contributed by atoms with Crippen molar-refractivity contribution in [1.82, 2.24) is 15.0 Å². The summed E-state index contributed by atoms with van der Waals surface area (Å²) < 4.78 is 1.62. The van der Waals surface area contributed by atoms with Crippen LogP contribution < -0.4 is 0 Å². The minimum absolute atomic E-state index is 0.585. The molecule has 1 aliphatic carbocycles. The first-order valence-corrected chi connectivity index (χ1v) is 8.11. The molecule has 1 saturated carbocycles. The number of pyridine rings is 1. The molecule has 0 radical (unpaired) electrons. The van der Waals surface area contributed by atoms with Crippen LogP contribution in [0.3, 0.4) is 0 Å². The van der Waals surface area contributed by atoms with Gasteiger partial charge in [-0.25, -0.2) is 4.98 Å². The molecular weight excluding hydrogens is 334 g/mol. The van der Waals surface area contributed by atoms with E-state index in [9.17, 15) is 0 Å². The summed E-state index contributed by atoms with van der Waals surface area (Å²) in [6.45, 7) is 0. The maximum atomic E-state index is 5.39. The third kappa shape index (κ3) is 2.99. The van der Waals surface area contributed by atoms with Gasteiger partial charge in [-0.2, -0.15) is 0 Å². The van der Waals surface area contributed by atoms with Crippen molar-refractivity contribution >= 4 is 28.1 Å². The molecule has 2 heterocycles. The molecule has 1 aliphatic rings. The van der Waals surface area contributed by atoms with Gasteiger partial charge in [0.2, 0.25) is 0 Å². The Balaban J connectivity index is 1.94. The summed E-state index contributed by atoms with van der Waals surface area (Å²) in [4.78, 5) is 12.1. The van der Waals surface area contributed by atoms with Gasteiger partial charge in [0.25, 0.3) is 0 Å². The molecule has 0 amide bonds. The molecule has 5 heteroatoms. The molecule has 20 heavy (non-hydrogen) atoms. The maximum Gasteiger partial charge on any atom is 0.144 e. The monoisotopic (exact) mass is 349 g/mol. The molecule has 0 atom stereocenters. The Bertz CT molecular complexity index is 648. The first-order chi connectivity index (χ1) is 9.74. The van der Waals surface area contributed by atoms with Crippen molar-refractivity contribution in [3.05, 3.63) is 50.7 Å². The molecular formula is C15H16BrN3S. The molecule has 1 N–H and O–H groups in total. The van der Waals surface area contributed by atoms with Crippen molar-refractivity contribution in [3.8, 4) is 0 Å². The van der Waals surface area contributed by atoms with Gasteiger partial charge in [-0.3, -0.25) is 4.98 Å². The van der Waals surface area contributed by atoms with Crippen molar-refractivity contribution in [2.75, 3.05) is 0 Å². The lowest BCUT2D eigenvalue weighted by molar-refractivity contribution is 0.679. The number of hydrogen-bond donors (Lipinski definition) is 1. The summed E-state index contributed by atoms with van der Waals surface area (Å²) in [6.07, 6.45) is 9.47. The van der Waals surface area contributed by atoms with Gasteiger partial charge in [-0.1, -0.05) is 31.1 Å². The first kappa shape index (κ1) is 13.9. The van der Waals surface area contributed by atoms with Crippen LogP contribution in [0, 0.1) is 4.64 Å². The predicted molar refractivity (Wildman–Crippen MR) is 85.4 cm³/mol. The number of nitrogens with one attached hydrogen (secondary N) is 1. The van der Waals surface area contributed by atoms with Gasteiger partial charge in [0.15, 0.2) is 0 Å². The minimum Gasteiger partial charge on any atom is -0.346 e. The Morgan fingerprint density at radius 3 is 2.85 bits per heavy atom. The summed E-state index contributed by atoms with van der Waals surface area (Å²) in [5, 5.41) is 0. The van der Waals surface area contributed by atoms with E-state index in [2.05, 4.69) is 36.9 Å². The molecule has 104 valence electrons. The minimum atomic E-state index is 0.585. The van der Waals surface area contributed by atoms with E-state index >= 15 is 0 Å². The summed E-state index contributed by atoms with van der Waals surface area (Å²) in [5.41, 5.74) is 2.37. The zero-order chi connectivity index (χ0) is 13.9. The van der Waals surface area contributed by atoms with E-state index in [0.29, 0.717) is 10.6 Å². The van der Waals surface area contributed by atoms with Gasteiger partial charge in [-0.05, 0) is 40.4 Å². The second-order valence-electron chi connectivity index (χ2n) is 5.24. The maximum absolute atomic E-state index is 5.39. The van der Waals surface area contributed by atoms with Crippen LogP contribution in [0.2, 0.25) is 0 Å². The normalized spacial score (nSPS) is 15.7. The van der Waals surface area contributed by atoms with Crippen LogP contribution in [0.4, 0.5) is 0 Å². The molecule has 0 spiro atoms. The number of aromatic nitrogens is 3. The predicted octanol–water partition coefficient (Wildman–Crippen LogP) is 4.55. The van der Waals surface area contributed by atoms with E-state index in [0.717, 1.165) is 22.3 Å². The molecule has 0 aromatic carbocycles. The number of rotatable bonds is 3. The van der Waals surface area contributed by atoms with Gasteiger partial charge in [0.05, 0.1) is 4.47 Å². The number of halogens is 1. The van der Waals surface area contributed by atoms with Gasteiger partial charge < -0.3 is 4.98 Å². The topological polar surface area (TPSA) is 41.6 Å². The van der Waals surface area contributed by atoms with E-state index < -0.39 is 0 Å². The molecule has 2 aromatic rings. The first-order valence-electron chi connectivity index (χ1n) is 6.91. The Hall–Kier alpha value is -1.07. The lowest BCUT2D eigenvalue weighted by atomic mass is 10.0. The number of H-pyrrole nitrogens is 1. The standard InChI is InChI=1S/C15H16BrN3S/c16-13-14(11-5-1-2-6-11)18-12(19-15(13)20)8-10-4-3-7-17-9-10/h3-4,7,9,11H,1-2,5-6,8H2,(H,18,19,20). The van der Waals surface area contributed by atoms with Gasteiger partial charge >= 0.3 is 0 Å².